The van der Waals surface area contributed by atoms with Gasteiger partial charge in [-0.25, -0.2) is 8.78 Å². The van der Waals surface area contributed by atoms with Crippen LogP contribution in [0.4, 0.5) is 14.5 Å². The van der Waals surface area contributed by atoms with Crippen LogP contribution >= 0.6 is 0 Å². The summed E-state index contributed by atoms with van der Waals surface area (Å²) in [5, 5.41) is 0. The van der Waals surface area contributed by atoms with Crippen molar-refractivity contribution in [2.75, 3.05) is 5.73 Å². The number of aryl methyl sites for hydroxylation is 1. The number of anilines is 1. The highest BCUT2D eigenvalue weighted by Crippen LogP contribution is 2.21. The van der Waals surface area contributed by atoms with Crippen LogP contribution in [0.3, 0.4) is 0 Å². The first-order chi connectivity index (χ1) is 9.02. The standard InChI is InChI=1S/C15H13F2NO/c1-2-9-3-6-14(18)12(7-9)15(19)11-5-4-10(16)8-13(11)17/h3-8H,2,18H2,1H3. The maximum atomic E-state index is 13.6. The van der Waals surface area contributed by atoms with Crippen molar-refractivity contribution >= 4 is 11.5 Å². The third-order valence-electron chi connectivity index (χ3n) is 2.95. The molecule has 2 rings (SSSR count). The van der Waals surface area contributed by atoms with E-state index in [0.717, 1.165) is 24.1 Å². The molecule has 0 fully saturated rings. The van der Waals surface area contributed by atoms with Gasteiger partial charge in [0.2, 0.25) is 0 Å². The second-order valence-corrected chi connectivity index (χ2v) is 4.23. The minimum Gasteiger partial charge on any atom is -0.398 e. The van der Waals surface area contributed by atoms with Gasteiger partial charge in [-0.15, -0.1) is 0 Å². The van der Waals surface area contributed by atoms with E-state index in [9.17, 15) is 13.6 Å². The second kappa shape index (κ2) is 5.18. The highest BCUT2D eigenvalue weighted by Gasteiger charge is 2.17. The van der Waals surface area contributed by atoms with E-state index in [1.165, 1.54) is 0 Å². The molecule has 0 radical (unpaired) electrons. The Hall–Kier alpha value is -2.23. The largest absolute Gasteiger partial charge is 0.398 e. The number of rotatable bonds is 3. The number of ketones is 1. The summed E-state index contributed by atoms with van der Waals surface area (Å²) in [4.78, 5) is 12.2. The molecule has 2 aromatic carbocycles. The zero-order valence-electron chi connectivity index (χ0n) is 10.4. The summed E-state index contributed by atoms with van der Waals surface area (Å²) in [7, 11) is 0. The van der Waals surface area contributed by atoms with Gasteiger partial charge in [0.1, 0.15) is 11.6 Å². The number of hydrogen-bond donors (Lipinski definition) is 1. The van der Waals surface area contributed by atoms with Crippen molar-refractivity contribution in [3.8, 4) is 0 Å². The Balaban J connectivity index is 2.49. The van der Waals surface area contributed by atoms with Gasteiger partial charge in [-0.05, 0) is 36.2 Å². The SMILES string of the molecule is CCc1ccc(N)c(C(=O)c2ccc(F)cc2F)c1. The number of carbonyl (C=O) groups is 1. The van der Waals surface area contributed by atoms with E-state index < -0.39 is 17.4 Å². The highest BCUT2D eigenvalue weighted by atomic mass is 19.1. The number of hydrogen-bond acceptors (Lipinski definition) is 2. The van der Waals surface area contributed by atoms with E-state index >= 15 is 0 Å². The lowest BCUT2D eigenvalue weighted by molar-refractivity contribution is 0.103. The Bertz CT molecular complexity index is 638. The molecule has 4 heteroatoms. The van der Waals surface area contributed by atoms with E-state index in [0.29, 0.717) is 6.07 Å². The molecule has 2 N–H and O–H groups in total. The van der Waals surface area contributed by atoms with E-state index in [4.69, 9.17) is 5.73 Å². The molecule has 0 amide bonds. The zero-order chi connectivity index (χ0) is 14.0. The lowest BCUT2D eigenvalue weighted by atomic mass is 9.98. The minimum absolute atomic E-state index is 0.179. The van der Waals surface area contributed by atoms with Gasteiger partial charge in [-0.1, -0.05) is 13.0 Å². The minimum atomic E-state index is -0.883. The lowest BCUT2D eigenvalue weighted by Gasteiger charge is -2.08. The van der Waals surface area contributed by atoms with Crippen molar-refractivity contribution in [1.82, 2.24) is 0 Å². The van der Waals surface area contributed by atoms with E-state index in [1.54, 1.807) is 12.1 Å². The van der Waals surface area contributed by atoms with Crippen LogP contribution < -0.4 is 5.73 Å². The number of nitrogens with two attached hydrogens (primary N) is 1. The van der Waals surface area contributed by atoms with Crippen LogP contribution in [0.25, 0.3) is 0 Å². The lowest BCUT2D eigenvalue weighted by Crippen LogP contribution is -2.08. The normalized spacial score (nSPS) is 10.5. The second-order valence-electron chi connectivity index (χ2n) is 4.23. The summed E-state index contributed by atoms with van der Waals surface area (Å²) in [5.41, 5.74) is 7.02. The molecule has 0 saturated carbocycles. The first-order valence-corrected chi connectivity index (χ1v) is 5.91. The first-order valence-electron chi connectivity index (χ1n) is 5.91. The molecule has 0 aliphatic carbocycles. The molecule has 0 unspecified atom stereocenters. The van der Waals surface area contributed by atoms with Crippen molar-refractivity contribution in [2.45, 2.75) is 13.3 Å². The Kier molecular flexibility index (Phi) is 3.60. The van der Waals surface area contributed by atoms with Crippen LogP contribution in [0.1, 0.15) is 28.4 Å². The number of carbonyl (C=O) groups excluding carboxylic acids is 1. The van der Waals surface area contributed by atoms with Crippen molar-refractivity contribution in [3.63, 3.8) is 0 Å². The fraction of sp³-hybridized carbons (Fsp3) is 0.133. The molecule has 0 aliphatic rings. The van der Waals surface area contributed by atoms with E-state index in [-0.39, 0.29) is 16.8 Å². The Labute approximate surface area is 109 Å². The quantitative estimate of drug-likeness (QED) is 0.680. The zero-order valence-corrected chi connectivity index (χ0v) is 10.4. The molecule has 19 heavy (non-hydrogen) atoms. The predicted octanol–water partition coefficient (Wildman–Crippen LogP) is 3.34. The average Bonchev–Trinajstić information content (AvgIpc) is 2.38. The van der Waals surface area contributed by atoms with Crippen LogP contribution in [0.5, 0.6) is 0 Å². The van der Waals surface area contributed by atoms with Gasteiger partial charge < -0.3 is 5.73 Å². The van der Waals surface area contributed by atoms with Crippen molar-refractivity contribution in [2.24, 2.45) is 0 Å². The van der Waals surface area contributed by atoms with Gasteiger partial charge in [0.05, 0.1) is 5.56 Å². The number of benzene rings is 2. The molecular weight excluding hydrogens is 248 g/mol. The summed E-state index contributed by atoms with van der Waals surface area (Å²) in [5.74, 6) is -2.14. The molecule has 0 aromatic heterocycles. The van der Waals surface area contributed by atoms with Gasteiger partial charge in [0.15, 0.2) is 5.78 Å². The maximum Gasteiger partial charge on any atom is 0.198 e. The molecule has 0 bridgehead atoms. The van der Waals surface area contributed by atoms with Crippen molar-refractivity contribution in [3.05, 3.63) is 64.7 Å². The van der Waals surface area contributed by atoms with Gasteiger partial charge >= 0.3 is 0 Å². The first kappa shape index (κ1) is 13.2. The average molecular weight is 261 g/mol. The fourth-order valence-electron chi connectivity index (χ4n) is 1.84. The Morgan fingerprint density at radius 3 is 2.47 bits per heavy atom. The molecule has 0 saturated heterocycles. The molecular formula is C15H13F2NO. The van der Waals surface area contributed by atoms with E-state index in [1.807, 2.05) is 13.0 Å². The van der Waals surface area contributed by atoms with E-state index in [2.05, 4.69) is 0 Å². The molecule has 2 aromatic rings. The third kappa shape index (κ3) is 2.62. The smallest absolute Gasteiger partial charge is 0.198 e. The monoisotopic (exact) mass is 261 g/mol. The molecule has 0 atom stereocenters. The summed E-state index contributed by atoms with van der Waals surface area (Å²) >= 11 is 0. The van der Waals surface area contributed by atoms with Crippen molar-refractivity contribution < 1.29 is 13.6 Å². The van der Waals surface area contributed by atoms with Crippen LogP contribution in [-0.4, -0.2) is 5.78 Å². The van der Waals surface area contributed by atoms with Gasteiger partial charge in [-0.2, -0.15) is 0 Å². The molecule has 2 nitrogen and oxygen atoms in total. The van der Waals surface area contributed by atoms with Gasteiger partial charge in [-0.3, -0.25) is 4.79 Å². The number of nitrogen functional groups attached to an aromatic ring is 1. The summed E-state index contributed by atoms with van der Waals surface area (Å²) < 4.78 is 26.4. The summed E-state index contributed by atoms with van der Waals surface area (Å²) in [6.45, 7) is 1.94. The fourth-order valence-corrected chi connectivity index (χ4v) is 1.84. The van der Waals surface area contributed by atoms with Crippen LogP contribution in [-0.2, 0) is 6.42 Å². The third-order valence-corrected chi connectivity index (χ3v) is 2.95. The summed E-state index contributed by atoms with van der Waals surface area (Å²) in [6, 6.07) is 7.94. The predicted molar refractivity (Wildman–Crippen MR) is 70.0 cm³/mol. The van der Waals surface area contributed by atoms with Gasteiger partial charge in [0, 0.05) is 17.3 Å². The molecule has 0 spiro atoms. The number of halogens is 2. The topological polar surface area (TPSA) is 43.1 Å². The molecule has 0 heterocycles. The van der Waals surface area contributed by atoms with Gasteiger partial charge in [0.25, 0.3) is 0 Å². The molecule has 98 valence electrons. The molecule has 0 aliphatic heterocycles. The Morgan fingerprint density at radius 2 is 1.84 bits per heavy atom. The Morgan fingerprint density at radius 1 is 1.11 bits per heavy atom. The summed E-state index contributed by atoms with van der Waals surface area (Å²) in [6.07, 6.45) is 0.743. The van der Waals surface area contributed by atoms with Crippen LogP contribution in [0, 0.1) is 11.6 Å². The van der Waals surface area contributed by atoms with Crippen molar-refractivity contribution in [1.29, 1.82) is 0 Å². The maximum absolute atomic E-state index is 13.6. The van der Waals surface area contributed by atoms with Crippen LogP contribution in [0.2, 0.25) is 0 Å². The van der Waals surface area contributed by atoms with Crippen LogP contribution in [0.15, 0.2) is 36.4 Å². The highest BCUT2D eigenvalue weighted by molar-refractivity contribution is 6.12.